The van der Waals surface area contributed by atoms with Crippen molar-refractivity contribution < 1.29 is 52.9 Å². The number of carboxylic acids is 2. The number of esters is 3. The predicted octanol–water partition coefficient (Wildman–Crippen LogP) is 1.61. The van der Waals surface area contributed by atoms with Crippen LogP contribution in [0.4, 0.5) is 0 Å². The van der Waals surface area contributed by atoms with Crippen molar-refractivity contribution in [2.45, 2.75) is 24.7 Å². The number of carbonyl (C=O) groups is 5. The molecule has 36 heavy (non-hydrogen) atoms. The summed E-state index contributed by atoms with van der Waals surface area (Å²) in [6.07, 6.45) is -6.26. The number of aliphatic carboxylic acids is 2. The number of benzene rings is 2. The van der Waals surface area contributed by atoms with E-state index < -0.39 is 54.6 Å². The highest BCUT2D eigenvalue weighted by Gasteiger charge is 2.43. The normalized spacial score (nSPS) is 13.5. The molecule has 0 aliphatic carbocycles. The van der Waals surface area contributed by atoms with Crippen LogP contribution in [-0.4, -0.2) is 90.5 Å². The van der Waals surface area contributed by atoms with E-state index in [0.717, 1.165) is 0 Å². The number of nitrogens with zero attached hydrogens (tertiary/aromatic N) is 1. The van der Waals surface area contributed by atoms with Crippen LogP contribution in [0.25, 0.3) is 0 Å². The molecule has 0 bridgehead atoms. The van der Waals surface area contributed by atoms with Crippen LogP contribution in [0, 0.1) is 0 Å². The Balaban J connectivity index is 2.38. The van der Waals surface area contributed by atoms with Gasteiger partial charge in [-0.3, -0.25) is 4.79 Å². The number of carboxylic acid groups (broad SMARTS) is 2. The van der Waals surface area contributed by atoms with Gasteiger partial charge >= 0.3 is 29.8 Å². The summed E-state index contributed by atoms with van der Waals surface area (Å²) in [4.78, 5) is 61.7. The Hall–Kier alpha value is -4.25. The second kappa shape index (κ2) is 12.5. The van der Waals surface area contributed by atoms with Gasteiger partial charge in [-0.25, -0.2) is 19.2 Å². The highest BCUT2D eigenvalue weighted by molar-refractivity contribution is 5.95. The van der Waals surface area contributed by atoms with Crippen molar-refractivity contribution in [1.82, 2.24) is 0 Å². The van der Waals surface area contributed by atoms with Crippen molar-refractivity contribution in [3.8, 4) is 0 Å². The van der Waals surface area contributed by atoms with Crippen LogP contribution in [-0.2, 0) is 28.6 Å². The molecule has 0 saturated heterocycles. The van der Waals surface area contributed by atoms with Gasteiger partial charge in [-0.1, -0.05) is 36.4 Å². The molecule has 0 spiro atoms. The molecular weight excluding hydrogens is 474 g/mol. The van der Waals surface area contributed by atoms with Crippen molar-refractivity contribution in [3.05, 3.63) is 71.8 Å². The van der Waals surface area contributed by atoms with Crippen LogP contribution in [0.1, 0.15) is 27.1 Å². The fraction of sp³-hybridized carbons (Fsp3) is 0.320. The molecule has 1 unspecified atom stereocenters. The maximum Gasteiger partial charge on any atom is 0.352 e. The first-order valence-corrected chi connectivity index (χ1v) is 10.8. The quantitative estimate of drug-likeness (QED) is 0.249. The smallest absolute Gasteiger partial charge is 0.352 e. The van der Waals surface area contributed by atoms with Crippen molar-refractivity contribution in [2.24, 2.45) is 0 Å². The van der Waals surface area contributed by atoms with Gasteiger partial charge in [-0.15, -0.1) is 0 Å². The van der Waals surface area contributed by atoms with E-state index >= 15 is 0 Å². The summed E-state index contributed by atoms with van der Waals surface area (Å²) in [5.41, 5.74) is 0.00121. The number of ether oxygens (including phenoxy) is 3. The van der Waals surface area contributed by atoms with Crippen LogP contribution < -0.4 is 0 Å². The van der Waals surface area contributed by atoms with Crippen molar-refractivity contribution in [1.29, 1.82) is 0 Å². The molecular formula is C25H28NO10+. The van der Waals surface area contributed by atoms with Gasteiger partial charge in [-0.05, 0) is 24.3 Å². The van der Waals surface area contributed by atoms with Crippen LogP contribution in [0.5, 0.6) is 0 Å². The lowest BCUT2D eigenvalue weighted by Crippen LogP contribution is -2.49. The Labute approximate surface area is 207 Å². The summed E-state index contributed by atoms with van der Waals surface area (Å²) in [7, 11) is 5.20. The molecule has 0 saturated carbocycles. The third kappa shape index (κ3) is 8.84. The standard InChI is InChI=1S/C25H27NO10/c1-26(2,3)15-18(14-19(27)28)34-25(33)21(36-24(32)17-12-8-5-9-13-17)20(22(29)30)35-23(31)16-10-6-4-7-11-16/h4-13,18,20-21H,14-15H2,1-3H3,(H-,27,28,29,30)/p+1/t18?,20-,21-/m0/s1. The third-order valence-corrected chi connectivity index (χ3v) is 4.67. The molecule has 2 aromatic carbocycles. The van der Waals surface area contributed by atoms with E-state index in [1.165, 1.54) is 48.5 Å². The number of likely N-dealkylation sites (N-methyl/N-ethyl adjacent to an activating group) is 1. The number of rotatable bonds is 12. The highest BCUT2D eigenvalue weighted by atomic mass is 16.6. The number of hydrogen-bond donors (Lipinski definition) is 2. The molecule has 0 aliphatic rings. The summed E-state index contributed by atoms with van der Waals surface area (Å²) in [5.74, 6) is -6.55. The summed E-state index contributed by atoms with van der Waals surface area (Å²) in [6, 6.07) is 14.8. The lowest BCUT2D eigenvalue weighted by Gasteiger charge is -2.30. The molecule has 0 radical (unpaired) electrons. The van der Waals surface area contributed by atoms with Crippen LogP contribution in [0.2, 0.25) is 0 Å². The molecule has 2 rings (SSSR count). The van der Waals surface area contributed by atoms with E-state index in [1.807, 2.05) is 0 Å². The Morgan fingerprint density at radius 2 is 1.17 bits per heavy atom. The van der Waals surface area contributed by atoms with Crippen LogP contribution in [0.15, 0.2) is 60.7 Å². The minimum Gasteiger partial charge on any atom is -0.481 e. The monoisotopic (exact) mass is 502 g/mol. The number of hydrogen-bond acceptors (Lipinski definition) is 8. The van der Waals surface area contributed by atoms with E-state index in [9.17, 15) is 34.2 Å². The molecule has 0 fully saturated rings. The Morgan fingerprint density at radius 1 is 0.722 bits per heavy atom. The maximum absolute atomic E-state index is 13.1. The zero-order valence-corrected chi connectivity index (χ0v) is 20.0. The SMILES string of the molecule is C[N+](C)(C)CC(CC(=O)O)OC(=O)[C@@H](OC(=O)c1ccccc1)[C@H](OC(=O)c1ccccc1)C(=O)O. The molecule has 0 aromatic heterocycles. The molecule has 0 heterocycles. The van der Waals surface area contributed by atoms with E-state index in [0.29, 0.717) is 0 Å². The minimum atomic E-state index is -2.27. The van der Waals surface area contributed by atoms with Gasteiger partial charge in [0.25, 0.3) is 0 Å². The first-order chi connectivity index (χ1) is 16.9. The molecule has 2 N–H and O–H groups in total. The first-order valence-electron chi connectivity index (χ1n) is 10.8. The van der Waals surface area contributed by atoms with Gasteiger partial charge in [-0.2, -0.15) is 0 Å². The average Bonchev–Trinajstić information content (AvgIpc) is 2.80. The Morgan fingerprint density at radius 3 is 1.56 bits per heavy atom. The van der Waals surface area contributed by atoms with Crippen molar-refractivity contribution in [2.75, 3.05) is 27.7 Å². The maximum atomic E-state index is 13.1. The van der Waals surface area contributed by atoms with E-state index in [4.69, 9.17) is 14.2 Å². The first kappa shape index (κ1) is 28.0. The van der Waals surface area contributed by atoms with Gasteiger partial charge in [0.15, 0.2) is 6.10 Å². The molecule has 11 heteroatoms. The zero-order chi connectivity index (χ0) is 26.9. The topological polar surface area (TPSA) is 154 Å². The second-order valence-electron chi connectivity index (χ2n) is 8.85. The third-order valence-electron chi connectivity index (χ3n) is 4.67. The average molecular weight is 502 g/mol. The lowest BCUT2D eigenvalue weighted by atomic mass is 10.1. The molecule has 192 valence electrons. The van der Waals surface area contributed by atoms with Crippen molar-refractivity contribution >= 4 is 29.8 Å². The fourth-order valence-electron chi connectivity index (χ4n) is 3.17. The van der Waals surface area contributed by atoms with Gasteiger partial charge in [0.1, 0.15) is 6.54 Å². The van der Waals surface area contributed by atoms with Gasteiger partial charge in [0, 0.05) is 0 Å². The number of quaternary nitrogens is 1. The van der Waals surface area contributed by atoms with E-state index in [1.54, 1.807) is 33.3 Å². The van der Waals surface area contributed by atoms with Gasteiger partial charge < -0.3 is 28.9 Å². The minimum absolute atomic E-state index is 0.000889. The van der Waals surface area contributed by atoms with Gasteiger partial charge in [0.2, 0.25) is 12.2 Å². The summed E-state index contributed by atoms with van der Waals surface area (Å²) >= 11 is 0. The van der Waals surface area contributed by atoms with Crippen LogP contribution in [0.3, 0.4) is 0 Å². The second-order valence-corrected chi connectivity index (χ2v) is 8.85. The van der Waals surface area contributed by atoms with Crippen molar-refractivity contribution in [3.63, 3.8) is 0 Å². The molecule has 0 aliphatic heterocycles. The molecule has 0 amide bonds. The lowest BCUT2D eigenvalue weighted by molar-refractivity contribution is -0.873. The van der Waals surface area contributed by atoms with Gasteiger partial charge in [0.05, 0.1) is 38.7 Å². The highest BCUT2D eigenvalue weighted by Crippen LogP contribution is 2.17. The summed E-state index contributed by atoms with van der Waals surface area (Å²) in [6.45, 7) is 0.0545. The largest absolute Gasteiger partial charge is 0.481 e. The summed E-state index contributed by atoms with van der Waals surface area (Å²) in [5, 5.41) is 19.0. The van der Waals surface area contributed by atoms with Crippen LogP contribution >= 0.6 is 0 Å². The molecule has 3 atom stereocenters. The molecule has 11 nitrogen and oxygen atoms in total. The Kier molecular flexibility index (Phi) is 9.68. The fourth-order valence-corrected chi connectivity index (χ4v) is 3.17. The predicted molar refractivity (Wildman–Crippen MR) is 124 cm³/mol. The zero-order valence-electron chi connectivity index (χ0n) is 20.0. The van der Waals surface area contributed by atoms with E-state index in [2.05, 4.69) is 0 Å². The summed E-state index contributed by atoms with van der Waals surface area (Å²) < 4.78 is 15.7. The molecule has 2 aromatic rings. The Bertz CT molecular complexity index is 1080. The number of carbonyl (C=O) groups excluding carboxylic acids is 3. The van der Waals surface area contributed by atoms with E-state index in [-0.39, 0.29) is 22.2 Å².